The fourth-order valence-electron chi connectivity index (χ4n) is 3.74. The Balaban J connectivity index is 2.38. The molecule has 0 bridgehead atoms. The molecule has 25 heavy (non-hydrogen) atoms. The molecule has 2 aromatic carbocycles. The lowest BCUT2D eigenvalue weighted by atomic mass is 9.88. The Labute approximate surface area is 147 Å². The zero-order chi connectivity index (χ0) is 18.3. The van der Waals surface area contributed by atoms with Crippen LogP contribution < -0.4 is 10.7 Å². The monoisotopic (exact) mass is 337 g/mol. The molecule has 1 unspecified atom stereocenters. The van der Waals surface area contributed by atoms with E-state index in [0.29, 0.717) is 6.42 Å². The first-order valence-corrected chi connectivity index (χ1v) is 8.54. The topological polar surface area (TPSA) is 66.4 Å². The van der Waals surface area contributed by atoms with Crippen molar-refractivity contribution in [2.45, 2.75) is 46.6 Å². The van der Waals surface area contributed by atoms with Gasteiger partial charge in [-0.3, -0.25) is 9.59 Å². The van der Waals surface area contributed by atoms with Crippen molar-refractivity contribution >= 4 is 5.91 Å². The predicted molar refractivity (Wildman–Crippen MR) is 98.9 cm³/mol. The van der Waals surface area contributed by atoms with Gasteiger partial charge in [0.15, 0.2) is 5.75 Å². The lowest BCUT2D eigenvalue weighted by Crippen LogP contribution is -2.26. The van der Waals surface area contributed by atoms with E-state index < -0.39 is 5.43 Å². The molecule has 0 spiro atoms. The third-order valence-corrected chi connectivity index (χ3v) is 5.22. The SMILES string of the molecule is CC(=O)NC1CCc2cc(C)c(C)c(C)c2-c2ccc(O)c(=O)cc21. The summed E-state index contributed by atoms with van der Waals surface area (Å²) in [5.74, 6) is -0.410. The van der Waals surface area contributed by atoms with Gasteiger partial charge in [-0.25, -0.2) is 0 Å². The number of hydrogen-bond donors (Lipinski definition) is 2. The molecule has 0 saturated carbocycles. The minimum Gasteiger partial charge on any atom is -0.504 e. The van der Waals surface area contributed by atoms with Crippen LogP contribution in [-0.4, -0.2) is 11.0 Å². The van der Waals surface area contributed by atoms with Gasteiger partial charge < -0.3 is 10.4 Å². The van der Waals surface area contributed by atoms with E-state index >= 15 is 0 Å². The van der Waals surface area contributed by atoms with E-state index in [1.54, 1.807) is 6.07 Å². The minimum absolute atomic E-state index is 0.130. The minimum atomic E-state index is -0.429. The molecule has 2 N–H and O–H groups in total. The number of carbonyl (C=O) groups excluding carboxylic acids is 1. The summed E-state index contributed by atoms with van der Waals surface area (Å²) in [6.45, 7) is 7.77. The summed E-state index contributed by atoms with van der Waals surface area (Å²) < 4.78 is 0. The van der Waals surface area contributed by atoms with Crippen molar-refractivity contribution in [3.63, 3.8) is 0 Å². The van der Waals surface area contributed by atoms with Gasteiger partial charge in [-0.2, -0.15) is 0 Å². The second kappa shape index (κ2) is 6.36. The molecule has 0 aliphatic heterocycles. The van der Waals surface area contributed by atoms with Gasteiger partial charge in [0.1, 0.15) is 0 Å². The van der Waals surface area contributed by atoms with Crippen LogP contribution in [0.2, 0.25) is 0 Å². The lowest BCUT2D eigenvalue weighted by molar-refractivity contribution is -0.119. The molecule has 1 aliphatic carbocycles. The summed E-state index contributed by atoms with van der Waals surface area (Å²) in [7, 11) is 0. The maximum atomic E-state index is 12.2. The van der Waals surface area contributed by atoms with E-state index in [-0.39, 0.29) is 17.7 Å². The van der Waals surface area contributed by atoms with Gasteiger partial charge in [0.2, 0.25) is 11.3 Å². The molecular weight excluding hydrogens is 314 g/mol. The maximum Gasteiger partial charge on any atom is 0.220 e. The third-order valence-electron chi connectivity index (χ3n) is 5.22. The van der Waals surface area contributed by atoms with Crippen LogP contribution in [0.4, 0.5) is 0 Å². The van der Waals surface area contributed by atoms with Crippen LogP contribution in [0.15, 0.2) is 29.1 Å². The van der Waals surface area contributed by atoms with Gasteiger partial charge in [0, 0.05) is 6.92 Å². The van der Waals surface area contributed by atoms with E-state index in [1.165, 1.54) is 41.3 Å². The molecule has 0 aromatic heterocycles. The van der Waals surface area contributed by atoms with Crippen molar-refractivity contribution < 1.29 is 9.90 Å². The second-order valence-electron chi connectivity index (χ2n) is 6.87. The Kier molecular flexibility index (Phi) is 4.38. The van der Waals surface area contributed by atoms with E-state index in [0.717, 1.165) is 23.1 Å². The molecule has 3 rings (SSSR count). The summed E-state index contributed by atoms with van der Waals surface area (Å²) >= 11 is 0. The van der Waals surface area contributed by atoms with Gasteiger partial charge in [0.05, 0.1) is 6.04 Å². The molecule has 0 fully saturated rings. The van der Waals surface area contributed by atoms with Crippen LogP contribution in [-0.2, 0) is 11.2 Å². The smallest absolute Gasteiger partial charge is 0.220 e. The van der Waals surface area contributed by atoms with Gasteiger partial charge in [-0.15, -0.1) is 0 Å². The predicted octanol–water partition coefficient (Wildman–Crippen LogP) is 3.47. The number of fused-ring (bicyclic) bond motifs is 3. The van der Waals surface area contributed by atoms with Crippen molar-refractivity contribution in [1.29, 1.82) is 0 Å². The number of aromatic hydroxyl groups is 1. The van der Waals surface area contributed by atoms with Crippen LogP contribution in [0.3, 0.4) is 0 Å². The number of nitrogens with one attached hydrogen (secondary N) is 1. The Morgan fingerprint density at radius 2 is 1.88 bits per heavy atom. The van der Waals surface area contributed by atoms with Crippen molar-refractivity contribution in [3.8, 4) is 16.9 Å². The third kappa shape index (κ3) is 3.04. The molecule has 130 valence electrons. The number of carbonyl (C=O) groups is 1. The molecule has 0 saturated heterocycles. The van der Waals surface area contributed by atoms with Crippen molar-refractivity contribution in [1.82, 2.24) is 5.32 Å². The van der Waals surface area contributed by atoms with Gasteiger partial charge >= 0.3 is 0 Å². The van der Waals surface area contributed by atoms with Crippen LogP contribution in [0.5, 0.6) is 5.75 Å². The maximum absolute atomic E-state index is 12.2. The molecule has 1 atom stereocenters. The Morgan fingerprint density at radius 3 is 2.56 bits per heavy atom. The summed E-state index contributed by atoms with van der Waals surface area (Å²) in [5, 5.41) is 12.9. The standard InChI is InChI=1S/C21H23NO3/c1-11-9-15-5-7-18(22-14(4)23)17-10-20(25)19(24)8-6-16(17)21(15)13(3)12(11)2/h6,8-10,18H,5,7H2,1-4H3,(H,22,23)(H,24,25). The first-order valence-electron chi connectivity index (χ1n) is 8.54. The Morgan fingerprint density at radius 1 is 1.16 bits per heavy atom. The fraction of sp³-hybridized carbons (Fsp3) is 0.333. The zero-order valence-corrected chi connectivity index (χ0v) is 15.1. The molecule has 0 radical (unpaired) electrons. The number of benzene rings is 1. The number of aryl methyl sites for hydroxylation is 2. The highest BCUT2D eigenvalue weighted by molar-refractivity contribution is 5.79. The number of amides is 1. The van der Waals surface area contributed by atoms with E-state index in [9.17, 15) is 14.7 Å². The second-order valence-corrected chi connectivity index (χ2v) is 6.87. The van der Waals surface area contributed by atoms with E-state index in [2.05, 4.69) is 32.2 Å². The molecule has 2 aromatic rings. The quantitative estimate of drug-likeness (QED) is 0.837. The van der Waals surface area contributed by atoms with E-state index in [1.807, 2.05) is 0 Å². The molecule has 4 nitrogen and oxygen atoms in total. The molecule has 4 heteroatoms. The van der Waals surface area contributed by atoms with Gasteiger partial charge in [-0.05, 0) is 84.7 Å². The fourth-order valence-corrected chi connectivity index (χ4v) is 3.74. The zero-order valence-electron chi connectivity index (χ0n) is 15.1. The first kappa shape index (κ1) is 17.2. The van der Waals surface area contributed by atoms with Crippen LogP contribution >= 0.6 is 0 Å². The molecule has 0 heterocycles. The number of hydrogen-bond acceptors (Lipinski definition) is 3. The van der Waals surface area contributed by atoms with E-state index in [4.69, 9.17) is 0 Å². The molecule has 1 aliphatic rings. The van der Waals surface area contributed by atoms with Crippen LogP contribution in [0, 0.1) is 20.8 Å². The molecule has 1 amide bonds. The van der Waals surface area contributed by atoms with Crippen molar-refractivity contribution in [3.05, 3.63) is 62.3 Å². The summed E-state index contributed by atoms with van der Waals surface area (Å²) in [5.41, 5.74) is 7.22. The first-order chi connectivity index (χ1) is 11.8. The Bertz CT molecular complexity index is 931. The lowest BCUT2D eigenvalue weighted by Gasteiger charge is -2.18. The normalized spacial score (nSPS) is 15.8. The highest BCUT2D eigenvalue weighted by atomic mass is 16.3. The Hall–Kier alpha value is -2.62. The number of rotatable bonds is 1. The van der Waals surface area contributed by atoms with Gasteiger partial charge in [0.25, 0.3) is 0 Å². The summed E-state index contributed by atoms with van der Waals surface area (Å²) in [6.07, 6.45) is 1.53. The van der Waals surface area contributed by atoms with Crippen LogP contribution in [0.1, 0.15) is 47.2 Å². The molecular formula is C21H23NO3. The highest BCUT2D eigenvalue weighted by Crippen LogP contribution is 2.40. The van der Waals surface area contributed by atoms with Crippen LogP contribution in [0.25, 0.3) is 11.1 Å². The highest BCUT2D eigenvalue weighted by Gasteiger charge is 2.25. The average Bonchev–Trinajstić information content (AvgIpc) is 2.77. The summed E-state index contributed by atoms with van der Waals surface area (Å²) in [6, 6.07) is 6.67. The summed E-state index contributed by atoms with van der Waals surface area (Å²) in [4.78, 5) is 23.9. The van der Waals surface area contributed by atoms with Crippen molar-refractivity contribution in [2.75, 3.05) is 0 Å². The largest absolute Gasteiger partial charge is 0.504 e. The van der Waals surface area contributed by atoms with Gasteiger partial charge in [-0.1, -0.05) is 12.1 Å². The average molecular weight is 337 g/mol. The van der Waals surface area contributed by atoms with Crippen molar-refractivity contribution in [2.24, 2.45) is 0 Å².